The lowest BCUT2D eigenvalue weighted by Crippen LogP contribution is -2.45. The molecule has 0 bridgehead atoms. The average molecular weight is 451 g/mol. The van der Waals surface area contributed by atoms with Crippen LogP contribution in [-0.4, -0.2) is 13.4 Å². The number of benzene rings is 2. The number of ether oxygens (including phenoxy) is 1. The first kappa shape index (κ1) is 22.1. The first-order valence-electron chi connectivity index (χ1n) is 9.26. The number of aliphatic hydroxyl groups is 1. The molecule has 1 atom stereocenters. The quantitative estimate of drug-likeness (QED) is 0.394. The van der Waals surface area contributed by atoms with E-state index in [4.69, 9.17) is 9.16 Å². The van der Waals surface area contributed by atoms with E-state index in [2.05, 4.69) is 49.8 Å². The predicted octanol–water partition coefficient (Wildman–Crippen LogP) is 6.35. The van der Waals surface area contributed by atoms with Crippen LogP contribution in [0.25, 0.3) is 0 Å². The molecule has 0 aliphatic carbocycles. The molecule has 2 aromatic carbocycles. The monoisotopic (exact) mass is 450 g/mol. The third-order valence-corrected chi connectivity index (χ3v) is 10.7. The Hall–Kier alpha value is -1.14. The molecular formula is C22H31BrO3Si. The van der Waals surface area contributed by atoms with E-state index in [1.807, 2.05) is 55.5 Å². The summed E-state index contributed by atoms with van der Waals surface area (Å²) in [6.45, 7) is 13.5. The van der Waals surface area contributed by atoms with Crippen molar-refractivity contribution in [2.75, 3.05) is 0 Å². The molecule has 5 heteroatoms. The van der Waals surface area contributed by atoms with E-state index in [1.54, 1.807) is 0 Å². The maximum Gasteiger partial charge on any atom is 0.194 e. The fourth-order valence-electron chi connectivity index (χ4n) is 2.55. The number of alkyl halides is 1. The molecule has 148 valence electrons. The van der Waals surface area contributed by atoms with Crippen molar-refractivity contribution in [2.24, 2.45) is 0 Å². The summed E-state index contributed by atoms with van der Waals surface area (Å²) in [5.41, 5.74) is 2.83. The van der Waals surface area contributed by atoms with Crippen LogP contribution >= 0.6 is 15.9 Å². The largest absolute Gasteiger partial charge is 0.489 e. The zero-order chi connectivity index (χ0) is 20.3. The first-order chi connectivity index (χ1) is 12.5. The zero-order valence-corrected chi connectivity index (χ0v) is 19.8. The Balaban J connectivity index is 2.21. The van der Waals surface area contributed by atoms with Crippen LogP contribution in [0.3, 0.4) is 0 Å². The van der Waals surface area contributed by atoms with Gasteiger partial charge in [0.25, 0.3) is 0 Å². The topological polar surface area (TPSA) is 38.7 Å². The number of aliphatic hydroxyl groups excluding tert-OH is 1. The van der Waals surface area contributed by atoms with Crippen LogP contribution in [0, 0.1) is 0 Å². The Morgan fingerprint density at radius 1 is 1.00 bits per heavy atom. The molecule has 2 rings (SSSR count). The fourth-order valence-corrected chi connectivity index (χ4v) is 5.39. The molecule has 0 fully saturated rings. The summed E-state index contributed by atoms with van der Waals surface area (Å²) in [6.07, 6.45) is 0. The van der Waals surface area contributed by atoms with Crippen LogP contribution in [-0.2, 0) is 22.2 Å². The molecule has 0 saturated heterocycles. The van der Waals surface area contributed by atoms with Gasteiger partial charge in [0.05, 0.1) is 6.61 Å². The van der Waals surface area contributed by atoms with Crippen molar-refractivity contribution in [3.63, 3.8) is 0 Å². The van der Waals surface area contributed by atoms with Crippen molar-refractivity contribution in [1.82, 2.24) is 0 Å². The van der Waals surface area contributed by atoms with Crippen LogP contribution in [0.2, 0.25) is 18.1 Å². The van der Waals surface area contributed by atoms with Gasteiger partial charge < -0.3 is 14.3 Å². The zero-order valence-electron chi connectivity index (χ0n) is 17.2. The fraction of sp³-hybridized carbons (Fsp3) is 0.455. The van der Waals surface area contributed by atoms with Gasteiger partial charge in [0, 0.05) is 5.56 Å². The lowest BCUT2D eigenvalue weighted by atomic mass is 10.1. The molecule has 0 heterocycles. The van der Waals surface area contributed by atoms with E-state index < -0.39 is 12.8 Å². The number of rotatable bonds is 7. The third kappa shape index (κ3) is 5.67. The van der Waals surface area contributed by atoms with Crippen LogP contribution in [0.5, 0.6) is 5.75 Å². The molecule has 2 aromatic rings. The molecule has 0 aromatic heterocycles. The molecule has 0 aliphatic heterocycles. The van der Waals surface area contributed by atoms with Crippen LogP contribution < -0.4 is 4.74 Å². The molecule has 0 radical (unpaired) electrons. The van der Waals surface area contributed by atoms with E-state index >= 15 is 0 Å². The van der Waals surface area contributed by atoms with Gasteiger partial charge in [-0.3, -0.25) is 0 Å². The first-order valence-corrected chi connectivity index (χ1v) is 13.0. The molecule has 0 saturated carbocycles. The Morgan fingerprint density at radius 2 is 1.63 bits per heavy atom. The minimum atomic E-state index is -1.96. The van der Waals surface area contributed by atoms with E-state index in [0.29, 0.717) is 12.4 Å². The van der Waals surface area contributed by atoms with E-state index in [-0.39, 0.29) is 11.6 Å². The summed E-state index contributed by atoms with van der Waals surface area (Å²) in [4.78, 5) is 0. The Kier molecular flexibility index (Phi) is 6.95. The second-order valence-corrected chi connectivity index (χ2v) is 14.8. The summed E-state index contributed by atoms with van der Waals surface area (Å²) < 4.78 is 11.9. The Labute approximate surface area is 173 Å². The minimum absolute atomic E-state index is 0.0822. The third-order valence-electron chi connectivity index (χ3n) is 5.24. The van der Waals surface area contributed by atoms with Gasteiger partial charge in [-0.05, 0) is 48.3 Å². The summed E-state index contributed by atoms with van der Waals surface area (Å²) in [5, 5.41) is 9.95. The highest BCUT2D eigenvalue weighted by atomic mass is 79.9. The minimum Gasteiger partial charge on any atom is -0.489 e. The molecule has 1 unspecified atom stereocenters. The van der Waals surface area contributed by atoms with Gasteiger partial charge >= 0.3 is 0 Å². The van der Waals surface area contributed by atoms with Crippen LogP contribution in [0.4, 0.5) is 0 Å². The normalized spacial score (nSPS) is 14.7. The van der Waals surface area contributed by atoms with Gasteiger partial charge in [-0.25, -0.2) is 0 Å². The Bertz CT molecular complexity index is 752. The Morgan fingerprint density at radius 3 is 2.19 bits per heavy atom. The van der Waals surface area contributed by atoms with Crippen molar-refractivity contribution < 1.29 is 14.3 Å². The molecule has 0 aliphatic rings. The van der Waals surface area contributed by atoms with Crippen molar-refractivity contribution in [1.29, 1.82) is 0 Å². The van der Waals surface area contributed by atoms with Crippen molar-refractivity contribution in [2.45, 2.75) is 63.6 Å². The van der Waals surface area contributed by atoms with Gasteiger partial charge in [-0.2, -0.15) is 0 Å². The molecular weight excluding hydrogens is 420 g/mol. The van der Waals surface area contributed by atoms with Gasteiger partial charge in [0.1, 0.15) is 16.9 Å². The SMILES string of the molecule is CC(Br)(O[Si](C)(C)C(C)(C)C)c1ccc(OCc2ccccc2)c(CO)c1. The van der Waals surface area contributed by atoms with Crippen molar-refractivity contribution in [3.8, 4) is 5.75 Å². The van der Waals surface area contributed by atoms with Gasteiger partial charge in [0.15, 0.2) is 8.32 Å². The molecule has 27 heavy (non-hydrogen) atoms. The summed E-state index contributed by atoms with van der Waals surface area (Å²) in [6, 6.07) is 15.9. The van der Waals surface area contributed by atoms with E-state index in [0.717, 1.165) is 16.7 Å². The standard InChI is InChI=1S/C22H31BrO3Si/c1-21(2,3)27(5,6)26-22(4,23)19-12-13-20(18(14-19)15-24)25-16-17-10-8-7-9-11-17/h7-14,24H,15-16H2,1-6H3. The van der Waals surface area contributed by atoms with Crippen LogP contribution in [0.15, 0.2) is 48.5 Å². The lowest BCUT2D eigenvalue weighted by molar-refractivity contribution is 0.173. The maximum atomic E-state index is 9.84. The van der Waals surface area contributed by atoms with Gasteiger partial charge in [-0.15, -0.1) is 0 Å². The predicted molar refractivity (Wildman–Crippen MR) is 118 cm³/mol. The van der Waals surface area contributed by atoms with E-state index in [9.17, 15) is 5.11 Å². The maximum absolute atomic E-state index is 9.84. The highest BCUT2D eigenvalue weighted by molar-refractivity contribution is 9.09. The highest BCUT2D eigenvalue weighted by Gasteiger charge is 2.42. The van der Waals surface area contributed by atoms with Crippen LogP contribution in [0.1, 0.15) is 44.4 Å². The van der Waals surface area contributed by atoms with Gasteiger partial charge in [0.2, 0.25) is 0 Å². The molecule has 1 N–H and O–H groups in total. The number of hydrogen-bond donors (Lipinski definition) is 1. The lowest BCUT2D eigenvalue weighted by Gasteiger charge is -2.42. The number of halogens is 1. The second-order valence-electron chi connectivity index (χ2n) is 8.53. The summed E-state index contributed by atoms with van der Waals surface area (Å²) in [5.74, 6) is 0.695. The molecule has 0 amide bonds. The second kappa shape index (κ2) is 8.48. The summed E-state index contributed by atoms with van der Waals surface area (Å²) >= 11 is 3.77. The van der Waals surface area contributed by atoms with E-state index in [1.165, 1.54) is 0 Å². The average Bonchev–Trinajstić information content (AvgIpc) is 2.58. The number of hydrogen-bond acceptors (Lipinski definition) is 3. The summed E-state index contributed by atoms with van der Waals surface area (Å²) in [7, 11) is -1.96. The van der Waals surface area contributed by atoms with Gasteiger partial charge in [-0.1, -0.05) is 73.1 Å². The highest BCUT2D eigenvalue weighted by Crippen LogP contribution is 2.44. The molecule has 3 nitrogen and oxygen atoms in total. The molecule has 0 spiro atoms. The van der Waals surface area contributed by atoms with Crippen molar-refractivity contribution in [3.05, 3.63) is 65.2 Å². The smallest absolute Gasteiger partial charge is 0.194 e. The van der Waals surface area contributed by atoms with Crippen molar-refractivity contribution >= 4 is 24.2 Å².